The van der Waals surface area contributed by atoms with Crippen LogP contribution in [-0.4, -0.2) is 15.7 Å². The first-order valence-electron chi connectivity index (χ1n) is 9.90. The van der Waals surface area contributed by atoms with Gasteiger partial charge in [0, 0.05) is 17.8 Å². The highest BCUT2D eigenvalue weighted by atomic mass is 16.1. The standard InChI is InChI=1S/C26H23N3O/c1-20-12-14-22(15-13-20)19-29-17-16-25(28-29)27-26(30)24(23-10-6-3-7-11-23)18-21-8-4-2-5-9-21/h2-18H,19H2,1H3,(H,27,28,30)/b24-18-. The highest BCUT2D eigenvalue weighted by Gasteiger charge is 2.14. The Bertz CT molecular complexity index is 1140. The molecule has 4 heteroatoms. The van der Waals surface area contributed by atoms with Crippen molar-refractivity contribution in [2.45, 2.75) is 13.5 Å². The van der Waals surface area contributed by atoms with Crippen molar-refractivity contribution in [1.82, 2.24) is 9.78 Å². The molecule has 0 aliphatic rings. The van der Waals surface area contributed by atoms with E-state index < -0.39 is 0 Å². The van der Waals surface area contributed by atoms with Gasteiger partial charge in [0.15, 0.2) is 5.82 Å². The quantitative estimate of drug-likeness (QED) is 0.351. The lowest BCUT2D eigenvalue weighted by Gasteiger charge is -2.08. The van der Waals surface area contributed by atoms with E-state index in [-0.39, 0.29) is 5.91 Å². The van der Waals surface area contributed by atoms with Crippen molar-refractivity contribution in [2.75, 3.05) is 5.32 Å². The molecule has 0 radical (unpaired) electrons. The summed E-state index contributed by atoms with van der Waals surface area (Å²) in [6.45, 7) is 2.72. The Balaban J connectivity index is 1.54. The topological polar surface area (TPSA) is 46.9 Å². The maximum absolute atomic E-state index is 13.1. The number of anilines is 1. The summed E-state index contributed by atoms with van der Waals surface area (Å²) in [4.78, 5) is 13.1. The van der Waals surface area contributed by atoms with Gasteiger partial charge in [-0.05, 0) is 29.7 Å². The summed E-state index contributed by atoms with van der Waals surface area (Å²) in [6, 6.07) is 29.7. The summed E-state index contributed by atoms with van der Waals surface area (Å²) in [5.41, 5.74) is 4.81. The summed E-state index contributed by atoms with van der Waals surface area (Å²) in [6.07, 6.45) is 3.77. The zero-order valence-corrected chi connectivity index (χ0v) is 16.8. The van der Waals surface area contributed by atoms with Crippen LogP contribution in [0.25, 0.3) is 11.6 Å². The molecule has 148 valence electrons. The van der Waals surface area contributed by atoms with Gasteiger partial charge in [0.05, 0.1) is 6.54 Å². The van der Waals surface area contributed by atoms with Gasteiger partial charge >= 0.3 is 0 Å². The second-order valence-electron chi connectivity index (χ2n) is 7.17. The Morgan fingerprint density at radius 3 is 2.27 bits per heavy atom. The van der Waals surface area contributed by atoms with Gasteiger partial charge in [-0.3, -0.25) is 9.48 Å². The highest BCUT2D eigenvalue weighted by molar-refractivity contribution is 6.29. The number of aryl methyl sites for hydroxylation is 1. The highest BCUT2D eigenvalue weighted by Crippen LogP contribution is 2.20. The van der Waals surface area contributed by atoms with Crippen LogP contribution in [0.3, 0.4) is 0 Å². The van der Waals surface area contributed by atoms with Crippen LogP contribution in [0.4, 0.5) is 5.82 Å². The molecule has 0 fully saturated rings. The molecule has 0 spiro atoms. The Labute approximate surface area is 176 Å². The number of aromatic nitrogens is 2. The van der Waals surface area contributed by atoms with Crippen molar-refractivity contribution in [2.24, 2.45) is 0 Å². The molecular formula is C26H23N3O. The van der Waals surface area contributed by atoms with Crippen LogP contribution in [0.15, 0.2) is 97.2 Å². The van der Waals surface area contributed by atoms with Gasteiger partial charge in [-0.2, -0.15) is 5.10 Å². The predicted molar refractivity (Wildman–Crippen MR) is 122 cm³/mol. The van der Waals surface area contributed by atoms with Gasteiger partial charge in [0.25, 0.3) is 5.91 Å². The van der Waals surface area contributed by atoms with E-state index in [1.807, 2.05) is 83.7 Å². The monoisotopic (exact) mass is 393 g/mol. The van der Waals surface area contributed by atoms with Crippen LogP contribution in [0.1, 0.15) is 22.3 Å². The van der Waals surface area contributed by atoms with E-state index in [1.165, 1.54) is 5.56 Å². The van der Waals surface area contributed by atoms with Crippen molar-refractivity contribution in [3.63, 3.8) is 0 Å². The molecule has 4 aromatic rings. The summed E-state index contributed by atoms with van der Waals surface area (Å²) in [5, 5.41) is 7.45. The second kappa shape index (κ2) is 9.05. The molecule has 0 saturated heterocycles. The number of carbonyl (C=O) groups excluding carboxylic acids is 1. The molecule has 1 amide bonds. The van der Waals surface area contributed by atoms with Crippen molar-refractivity contribution in [1.29, 1.82) is 0 Å². The summed E-state index contributed by atoms with van der Waals surface area (Å²) in [5.74, 6) is 0.340. The molecule has 4 nitrogen and oxygen atoms in total. The normalized spacial score (nSPS) is 11.3. The Hall–Kier alpha value is -3.92. The minimum absolute atomic E-state index is 0.189. The average Bonchev–Trinajstić information content (AvgIpc) is 3.21. The molecule has 1 N–H and O–H groups in total. The van der Waals surface area contributed by atoms with Gasteiger partial charge in [0.1, 0.15) is 0 Å². The fourth-order valence-corrected chi connectivity index (χ4v) is 3.19. The smallest absolute Gasteiger partial charge is 0.257 e. The second-order valence-corrected chi connectivity index (χ2v) is 7.17. The first-order chi connectivity index (χ1) is 14.7. The fraction of sp³-hybridized carbons (Fsp3) is 0.0769. The van der Waals surface area contributed by atoms with Crippen LogP contribution >= 0.6 is 0 Å². The lowest BCUT2D eigenvalue weighted by molar-refractivity contribution is -0.111. The Kier molecular flexibility index (Phi) is 5.85. The summed E-state index contributed by atoms with van der Waals surface area (Å²) < 4.78 is 1.82. The third-order valence-corrected chi connectivity index (χ3v) is 4.79. The van der Waals surface area contributed by atoms with E-state index in [9.17, 15) is 4.79 Å². The predicted octanol–water partition coefficient (Wildman–Crippen LogP) is 5.42. The summed E-state index contributed by atoms with van der Waals surface area (Å²) in [7, 11) is 0. The minimum atomic E-state index is -0.189. The summed E-state index contributed by atoms with van der Waals surface area (Å²) >= 11 is 0. The number of nitrogens with zero attached hydrogens (tertiary/aromatic N) is 2. The number of hydrogen-bond acceptors (Lipinski definition) is 2. The van der Waals surface area contributed by atoms with Crippen LogP contribution < -0.4 is 5.32 Å². The Morgan fingerprint density at radius 2 is 1.57 bits per heavy atom. The molecule has 30 heavy (non-hydrogen) atoms. The number of nitrogens with one attached hydrogen (secondary N) is 1. The number of hydrogen-bond donors (Lipinski definition) is 1. The van der Waals surface area contributed by atoms with Crippen LogP contribution in [0.2, 0.25) is 0 Å². The van der Waals surface area contributed by atoms with E-state index in [1.54, 1.807) is 0 Å². The zero-order valence-electron chi connectivity index (χ0n) is 16.8. The minimum Gasteiger partial charge on any atom is -0.305 e. The van der Waals surface area contributed by atoms with Gasteiger partial charge in [-0.15, -0.1) is 0 Å². The zero-order chi connectivity index (χ0) is 20.8. The average molecular weight is 393 g/mol. The molecule has 0 atom stereocenters. The molecule has 0 saturated carbocycles. The first kappa shape index (κ1) is 19.4. The van der Waals surface area contributed by atoms with E-state index in [0.717, 1.165) is 16.7 Å². The third-order valence-electron chi connectivity index (χ3n) is 4.79. The van der Waals surface area contributed by atoms with Gasteiger partial charge in [0.2, 0.25) is 0 Å². The molecule has 0 aliphatic carbocycles. The van der Waals surface area contributed by atoms with E-state index in [0.29, 0.717) is 17.9 Å². The third kappa shape index (κ3) is 4.92. The van der Waals surface area contributed by atoms with E-state index >= 15 is 0 Å². The molecule has 0 unspecified atom stereocenters. The van der Waals surface area contributed by atoms with Gasteiger partial charge in [-0.1, -0.05) is 90.5 Å². The molecule has 0 bridgehead atoms. The van der Waals surface area contributed by atoms with Gasteiger partial charge in [-0.25, -0.2) is 0 Å². The lowest BCUT2D eigenvalue weighted by Crippen LogP contribution is -2.14. The van der Waals surface area contributed by atoms with Crippen LogP contribution in [-0.2, 0) is 11.3 Å². The molecule has 1 heterocycles. The van der Waals surface area contributed by atoms with Crippen molar-refractivity contribution in [3.8, 4) is 0 Å². The lowest BCUT2D eigenvalue weighted by atomic mass is 10.0. The Morgan fingerprint density at radius 1 is 0.900 bits per heavy atom. The maximum atomic E-state index is 13.1. The van der Waals surface area contributed by atoms with Crippen LogP contribution in [0.5, 0.6) is 0 Å². The largest absolute Gasteiger partial charge is 0.305 e. The van der Waals surface area contributed by atoms with E-state index in [2.05, 4.69) is 41.6 Å². The molecule has 3 aromatic carbocycles. The number of carbonyl (C=O) groups is 1. The molecule has 4 rings (SSSR count). The number of amides is 1. The number of benzene rings is 3. The maximum Gasteiger partial charge on any atom is 0.257 e. The SMILES string of the molecule is Cc1ccc(Cn2ccc(NC(=O)/C(=C\c3ccccc3)c3ccccc3)n2)cc1. The van der Waals surface area contributed by atoms with Crippen molar-refractivity contribution in [3.05, 3.63) is 119 Å². The van der Waals surface area contributed by atoms with E-state index in [4.69, 9.17) is 0 Å². The molecular weight excluding hydrogens is 370 g/mol. The number of rotatable bonds is 6. The van der Waals surface area contributed by atoms with Gasteiger partial charge < -0.3 is 5.32 Å². The van der Waals surface area contributed by atoms with Crippen molar-refractivity contribution >= 4 is 23.4 Å². The van der Waals surface area contributed by atoms with Crippen LogP contribution in [0, 0.1) is 6.92 Å². The first-order valence-corrected chi connectivity index (χ1v) is 9.90. The van der Waals surface area contributed by atoms with Crippen molar-refractivity contribution < 1.29 is 4.79 Å². The molecule has 1 aromatic heterocycles. The fourth-order valence-electron chi connectivity index (χ4n) is 3.19. The molecule has 0 aliphatic heterocycles.